The molecule has 2 aromatic rings. The number of ether oxygens (including phenoxy) is 2. The van der Waals surface area contributed by atoms with Crippen LogP contribution >= 0.6 is 0 Å². The second kappa shape index (κ2) is 10.8. The van der Waals surface area contributed by atoms with E-state index < -0.39 is 6.09 Å². The molecule has 2 N–H and O–H groups in total. The summed E-state index contributed by atoms with van der Waals surface area (Å²) in [5.41, 5.74) is 1.01. The van der Waals surface area contributed by atoms with Crippen molar-refractivity contribution in [3.05, 3.63) is 42.1 Å². The van der Waals surface area contributed by atoms with Gasteiger partial charge in [0.25, 0.3) is 5.88 Å². The van der Waals surface area contributed by atoms with Crippen LogP contribution in [-0.4, -0.2) is 46.9 Å². The highest BCUT2D eigenvalue weighted by Crippen LogP contribution is 2.29. The zero-order valence-electron chi connectivity index (χ0n) is 17.6. The fourth-order valence-electron chi connectivity index (χ4n) is 3.41. The predicted octanol–water partition coefficient (Wildman–Crippen LogP) is 3.15. The smallest absolute Gasteiger partial charge is 0.414 e. The summed E-state index contributed by atoms with van der Waals surface area (Å²) in [6.45, 7) is 6.02. The fraction of sp³-hybridized carbons (Fsp3) is 0.500. The summed E-state index contributed by atoms with van der Waals surface area (Å²) in [5, 5.41) is 12.1. The van der Waals surface area contributed by atoms with Crippen LogP contribution in [0.3, 0.4) is 0 Å². The average molecular weight is 415 g/mol. The van der Waals surface area contributed by atoms with Crippen LogP contribution in [0, 0.1) is 5.92 Å². The van der Waals surface area contributed by atoms with Crippen molar-refractivity contribution in [3.8, 4) is 11.8 Å². The highest BCUT2D eigenvalue weighted by molar-refractivity contribution is 5.70. The van der Waals surface area contributed by atoms with Crippen molar-refractivity contribution in [2.45, 2.75) is 45.8 Å². The molecule has 0 spiro atoms. The molecule has 0 aliphatic carbocycles. The van der Waals surface area contributed by atoms with E-state index in [1.54, 1.807) is 0 Å². The van der Waals surface area contributed by atoms with Gasteiger partial charge in [0.2, 0.25) is 5.88 Å². The molecule has 0 unspecified atom stereocenters. The molecule has 0 bridgehead atoms. The number of carbonyl (C=O) groups excluding carboxylic acids is 1. The van der Waals surface area contributed by atoms with E-state index in [4.69, 9.17) is 9.47 Å². The van der Waals surface area contributed by atoms with Crippen molar-refractivity contribution < 1.29 is 19.4 Å². The zero-order chi connectivity index (χ0) is 21.3. The van der Waals surface area contributed by atoms with E-state index in [0.717, 1.165) is 31.5 Å². The Hall–Kier alpha value is -2.87. The number of aromatic nitrogens is 2. The van der Waals surface area contributed by atoms with Gasteiger partial charge < -0.3 is 24.8 Å². The number of aliphatic hydroxyl groups excluding tert-OH is 1. The minimum Gasteiger partial charge on any atom is -0.470 e. The van der Waals surface area contributed by atoms with Gasteiger partial charge in [0.15, 0.2) is 5.82 Å². The summed E-state index contributed by atoms with van der Waals surface area (Å²) >= 11 is 0. The third-order valence-corrected chi connectivity index (χ3v) is 4.82. The predicted molar refractivity (Wildman–Crippen MR) is 114 cm³/mol. The Bertz CT molecular complexity index is 810. The van der Waals surface area contributed by atoms with Gasteiger partial charge >= 0.3 is 6.09 Å². The van der Waals surface area contributed by atoms with Gasteiger partial charge in [0.1, 0.15) is 6.61 Å². The average Bonchev–Trinajstić information content (AvgIpc) is 3.27. The molecule has 162 valence electrons. The molecule has 1 aliphatic rings. The summed E-state index contributed by atoms with van der Waals surface area (Å²) < 4.78 is 11.3. The van der Waals surface area contributed by atoms with E-state index in [1.165, 1.54) is 6.20 Å². The van der Waals surface area contributed by atoms with Crippen molar-refractivity contribution in [1.29, 1.82) is 0 Å². The van der Waals surface area contributed by atoms with Crippen LogP contribution in [0.1, 0.15) is 38.7 Å². The highest BCUT2D eigenvalue weighted by Gasteiger charge is 2.22. The van der Waals surface area contributed by atoms with Crippen molar-refractivity contribution in [1.82, 2.24) is 15.3 Å². The first-order valence-corrected chi connectivity index (χ1v) is 10.4. The molecule has 1 aromatic heterocycles. The fourth-order valence-corrected chi connectivity index (χ4v) is 3.41. The zero-order valence-corrected chi connectivity index (χ0v) is 17.6. The van der Waals surface area contributed by atoms with Gasteiger partial charge in [-0.15, -0.1) is 0 Å². The van der Waals surface area contributed by atoms with E-state index >= 15 is 0 Å². The SMILES string of the molecule is CC(C)C[C@@H](CO)NC(=O)Oc1cnc(N2CCCC2)c(OCc2ccccc2)n1. The minimum absolute atomic E-state index is 0.0553. The molecule has 1 saturated heterocycles. The number of benzene rings is 1. The third-order valence-electron chi connectivity index (χ3n) is 4.82. The monoisotopic (exact) mass is 414 g/mol. The van der Waals surface area contributed by atoms with Gasteiger partial charge in [0, 0.05) is 13.1 Å². The Morgan fingerprint density at radius 3 is 2.63 bits per heavy atom. The second-order valence-corrected chi connectivity index (χ2v) is 7.85. The van der Waals surface area contributed by atoms with E-state index in [1.807, 2.05) is 44.2 Å². The molecule has 1 amide bonds. The summed E-state index contributed by atoms with van der Waals surface area (Å²) in [7, 11) is 0. The van der Waals surface area contributed by atoms with Crippen LogP contribution in [0.2, 0.25) is 0 Å². The Morgan fingerprint density at radius 2 is 1.97 bits per heavy atom. The summed E-state index contributed by atoms with van der Waals surface area (Å²) in [6.07, 6.45) is 3.60. The molecule has 0 saturated carbocycles. The maximum absolute atomic E-state index is 12.2. The molecule has 30 heavy (non-hydrogen) atoms. The molecule has 8 nitrogen and oxygen atoms in total. The number of nitrogens with one attached hydrogen (secondary N) is 1. The van der Waals surface area contributed by atoms with Crippen LogP contribution in [0.4, 0.5) is 10.6 Å². The van der Waals surface area contributed by atoms with Crippen molar-refractivity contribution in [2.75, 3.05) is 24.6 Å². The first-order valence-electron chi connectivity index (χ1n) is 10.4. The van der Waals surface area contributed by atoms with Crippen LogP contribution < -0.4 is 19.7 Å². The van der Waals surface area contributed by atoms with E-state index in [-0.39, 0.29) is 18.5 Å². The first-order chi connectivity index (χ1) is 14.5. The lowest BCUT2D eigenvalue weighted by Gasteiger charge is -2.20. The molecule has 8 heteroatoms. The summed E-state index contributed by atoms with van der Waals surface area (Å²) in [6, 6.07) is 9.42. The molecule has 0 radical (unpaired) electrons. The quantitative estimate of drug-likeness (QED) is 0.650. The van der Waals surface area contributed by atoms with E-state index in [0.29, 0.717) is 30.6 Å². The van der Waals surface area contributed by atoms with Crippen LogP contribution in [0.5, 0.6) is 11.8 Å². The normalized spacial score (nSPS) is 14.6. The minimum atomic E-state index is -0.674. The summed E-state index contributed by atoms with van der Waals surface area (Å²) in [4.78, 5) is 23.2. The number of rotatable bonds is 9. The van der Waals surface area contributed by atoms with Crippen molar-refractivity contribution in [3.63, 3.8) is 0 Å². The number of nitrogens with zero attached hydrogens (tertiary/aromatic N) is 3. The number of amides is 1. The number of carbonyl (C=O) groups is 1. The first kappa shape index (κ1) is 21.8. The van der Waals surface area contributed by atoms with Gasteiger partial charge in [0.05, 0.1) is 18.8 Å². The van der Waals surface area contributed by atoms with E-state index in [9.17, 15) is 9.90 Å². The number of anilines is 1. The Balaban J connectivity index is 1.71. The molecule has 1 aromatic carbocycles. The van der Waals surface area contributed by atoms with Gasteiger partial charge in [-0.25, -0.2) is 9.78 Å². The lowest BCUT2D eigenvalue weighted by atomic mass is 10.0. The standard InChI is InChI=1S/C22H30N4O4/c1-16(2)12-18(14-27)24-22(28)30-19-13-23-20(26-10-6-7-11-26)21(25-19)29-15-17-8-4-3-5-9-17/h3-5,8-9,13,16,18,27H,6-7,10-12,14-15H2,1-2H3,(H,24,28)/t18-/m0/s1. The van der Waals surface area contributed by atoms with Gasteiger partial charge in [-0.05, 0) is 30.7 Å². The van der Waals surface area contributed by atoms with E-state index in [2.05, 4.69) is 20.2 Å². The number of aliphatic hydroxyl groups is 1. The van der Waals surface area contributed by atoms with Gasteiger partial charge in [-0.1, -0.05) is 44.2 Å². The Morgan fingerprint density at radius 1 is 1.23 bits per heavy atom. The van der Waals surface area contributed by atoms with Crippen LogP contribution in [-0.2, 0) is 6.61 Å². The lowest BCUT2D eigenvalue weighted by Crippen LogP contribution is -2.40. The maximum Gasteiger partial charge on any atom is 0.414 e. The molecular formula is C22H30N4O4. The highest BCUT2D eigenvalue weighted by atomic mass is 16.6. The maximum atomic E-state index is 12.2. The van der Waals surface area contributed by atoms with Crippen molar-refractivity contribution in [2.24, 2.45) is 5.92 Å². The third kappa shape index (κ3) is 6.32. The topological polar surface area (TPSA) is 96.8 Å². The van der Waals surface area contributed by atoms with Gasteiger partial charge in [-0.2, -0.15) is 4.98 Å². The molecule has 1 atom stereocenters. The largest absolute Gasteiger partial charge is 0.470 e. The van der Waals surface area contributed by atoms with Gasteiger partial charge in [-0.3, -0.25) is 0 Å². The Kier molecular flexibility index (Phi) is 7.84. The molecule has 1 fully saturated rings. The second-order valence-electron chi connectivity index (χ2n) is 7.85. The number of hydrogen-bond donors (Lipinski definition) is 2. The summed E-state index contributed by atoms with van der Waals surface area (Å²) in [5.74, 6) is 1.39. The molecule has 2 heterocycles. The number of hydrogen-bond acceptors (Lipinski definition) is 7. The van der Waals surface area contributed by atoms with Crippen LogP contribution in [0.15, 0.2) is 36.5 Å². The molecule has 1 aliphatic heterocycles. The lowest BCUT2D eigenvalue weighted by molar-refractivity contribution is 0.175. The Labute approximate surface area is 177 Å². The van der Waals surface area contributed by atoms with Crippen LogP contribution in [0.25, 0.3) is 0 Å². The van der Waals surface area contributed by atoms with Crippen molar-refractivity contribution >= 4 is 11.9 Å². The molecule has 3 rings (SSSR count). The molecular weight excluding hydrogens is 384 g/mol.